The van der Waals surface area contributed by atoms with Crippen LogP contribution < -0.4 is 5.32 Å². The van der Waals surface area contributed by atoms with E-state index in [0.717, 1.165) is 10.6 Å². The first-order chi connectivity index (χ1) is 8.02. The first kappa shape index (κ1) is 13.9. The highest BCUT2D eigenvalue weighted by molar-refractivity contribution is 7.98. The van der Waals surface area contributed by atoms with Crippen molar-refractivity contribution in [3.63, 3.8) is 0 Å². The number of nitrogens with one attached hydrogen (secondary N) is 1. The molecule has 1 aromatic rings. The molecule has 0 bridgehead atoms. The average molecular weight is 268 g/mol. The van der Waals surface area contributed by atoms with Crippen LogP contribution in [0.2, 0.25) is 0 Å². The van der Waals surface area contributed by atoms with Gasteiger partial charge in [-0.2, -0.15) is 0 Å². The number of halogens is 1. The summed E-state index contributed by atoms with van der Waals surface area (Å²) in [5, 5.41) is 3.13. The average Bonchev–Trinajstić information content (AvgIpc) is 2.29. The highest BCUT2D eigenvalue weighted by atomic mass is 35.5. The first-order valence-corrected chi connectivity index (χ1v) is 6.61. The molecule has 0 heterocycles. The van der Waals surface area contributed by atoms with Crippen LogP contribution >= 0.6 is 23.4 Å². The Hall–Kier alpha value is -1.19. The molecule has 0 aliphatic rings. The zero-order valence-electron chi connectivity index (χ0n) is 9.79. The molecule has 1 amide bonds. The molecule has 90 valence electrons. The minimum atomic E-state index is -0.177. The summed E-state index contributed by atoms with van der Waals surface area (Å²) in [5.74, 6) is -0.177. The van der Waals surface area contributed by atoms with E-state index in [2.05, 4.69) is 11.9 Å². The largest absolute Gasteiger partial charge is 0.322 e. The van der Waals surface area contributed by atoms with Gasteiger partial charge in [0.25, 0.3) is 5.91 Å². The topological polar surface area (TPSA) is 29.1 Å². The van der Waals surface area contributed by atoms with Gasteiger partial charge in [-0.25, -0.2) is 0 Å². The molecule has 2 nitrogen and oxygen atoms in total. The van der Waals surface area contributed by atoms with Gasteiger partial charge in [-0.05, 0) is 43.5 Å². The van der Waals surface area contributed by atoms with Gasteiger partial charge in [0.05, 0.1) is 0 Å². The highest BCUT2D eigenvalue weighted by Crippen LogP contribution is 2.18. The van der Waals surface area contributed by atoms with Crippen LogP contribution in [0.25, 0.3) is 0 Å². The summed E-state index contributed by atoms with van der Waals surface area (Å²) in [6.07, 6.45) is 3.54. The third kappa shape index (κ3) is 4.67. The van der Waals surface area contributed by atoms with Crippen molar-refractivity contribution >= 4 is 35.0 Å². The molecular formula is C13H14ClNOS. The fourth-order valence-electron chi connectivity index (χ4n) is 1.20. The number of amides is 1. The monoisotopic (exact) mass is 267 g/mol. The van der Waals surface area contributed by atoms with Gasteiger partial charge in [-0.1, -0.05) is 18.2 Å². The van der Waals surface area contributed by atoms with E-state index in [1.54, 1.807) is 18.7 Å². The predicted molar refractivity (Wildman–Crippen MR) is 75.6 cm³/mol. The van der Waals surface area contributed by atoms with Crippen LogP contribution in [-0.4, -0.2) is 12.2 Å². The van der Waals surface area contributed by atoms with Gasteiger partial charge in [0.1, 0.15) is 0 Å². The molecule has 1 rings (SSSR count). The number of carbonyl (C=O) groups excluding carboxylic acids is 1. The Kier molecular flexibility index (Phi) is 5.32. The van der Waals surface area contributed by atoms with Crippen LogP contribution in [0.5, 0.6) is 0 Å². The Morgan fingerprint density at radius 2 is 2.00 bits per heavy atom. The molecule has 0 aliphatic carbocycles. The predicted octanol–water partition coefficient (Wildman–Crippen LogP) is 4.05. The lowest BCUT2D eigenvalue weighted by molar-refractivity contribution is -0.112. The number of benzene rings is 1. The van der Waals surface area contributed by atoms with Crippen molar-refractivity contribution in [2.45, 2.75) is 11.8 Å². The lowest BCUT2D eigenvalue weighted by Gasteiger charge is -2.05. The minimum Gasteiger partial charge on any atom is -0.322 e. The Morgan fingerprint density at radius 3 is 2.47 bits per heavy atom. The van der Waals surface area contributed by atoms with E-state index in [-0.39, 0.29) is 5.91 Å². The lowest BCUT2D eigenvalue weighted by atomic mass is 10.2. The Morgan fingerprint density at radius 1 is 1.41 bits per heavy atom. The second-order valence-electron chi connectivity index (χ2n) is 3.46. The Labute approximate surface area is 111 Å². The van der Waals surface area contributed by atoms with E-state index in [9.17, 15) is 4.79 Å². The summed E-state index contributed by atoms with van der Waals surface area (Å²) in [7, 11) is 0. The quantitative estimate of drug-likeness (QED) is 0.507. The van der Waals surface area contributed by atoms with Crippen LogP contribution in [0.3, 0.4) is 0 Å². The Bertz CT molecular complexity index is 451. The number of carbonyl (C=O) groups is 1. The molecule has 0 fully saturated rings. The van der Waals surface area contributed by atoms with Gasteiger partial charge in [-0.15, -0.1) is 11.8 Å². The maximum Gasteiger partial charge on any atom is 0.251 e. The van der Waals surface area contributed by atoms with Gasteiger partial charge < -0.3 is 5.32 Å². The number of thioether (sulfide) groups is 1. The SMILES string of the molecule is C=C(Cl)/C=C(\C)C(=O)Nc1ccc(SC)cc1. The van der Waals surface area contributed by atoms with E-state index >= 15 is 0 Å². The first-order valence-electron chi connectivity index (χ1n) is 5.01. The summed E-state index contributed by atoms with van der Waals surface area (Å²) in [6, 6.07) is 7.65. The van der Waals surface area contributed by atoms with E-state index in [1.165, 1.54) is 6.08 Å². The van der Waals surface area contributed by atoms with Crippen molar-refractivity contribution in [1.29, 1.82) is 0 Å². The second-order valence-corrected chi connectivity index (χ2v) is 4.82. The van der Waals surface area contributed by atoms with E-state index in [0.29, 0.717) is 10.6 Å². The number of hydrogen-bond donors (Lipinski definition) is 1. The molecule has 0 saturated carbocycles. The molecule has 0 radical (unpaired) electrons. The van der Waals surface area contributed by atoms with E-state index in [1.807, 2.05) is 30.5 Å². The number of anilines is 1. The molecule has 1 aromatic carbocycles. The molecule has 0 aromatic heterocycles. The van der Waals surface area contributed by atoms with Crippen LogP contribution in [-0.2, 0) is 4.79 Å². The van der Waals surface area contributed by atoms with Crippen molar-refractivity contribution in [3.05, 3.63) is 47.5 Å². The van der Waals surface area contributed by atoms with Gasteiger partial charge in [0, 0.05) is 21.2 Å². The maximum absolute atomic E-state index is 11.7. The van der Waals surface area contributed by atoms with Crippen molar-refractivity contribution in [2.75, 3.05) is 11.6 Å². The van der Waals surface area contributed by atoms with Gasteiger partial charge in [-0.3, -0.25) is 4.79 Å². The van der Waals surface area contributed by atoms with E-state index in [4.69, 9.17) is 11.6 Å². The maximum atomic E-state index is 11.7. The summed E-state index contributed by atoms with van der Waals surface area (Å²) >= 11 is 7.26. The number of allylic oxidation sites excluding steroid dienone is 2. The zero-order chi connectivity index (χ0) is 12.8. The van der Waals surface area contributed by atoms with Crippen LogP contribution in [0.4, 0.5) is 5.69 Å². The normalized spacial score (nSPS) is 11.1. The van der Waals surface area contributed by atoms with Gasteiger partial charge in [0.15, 0.2) is 0 Å². The minimum absolute atomic E-state index is 0.177. The summed E-state index contributed by atoms with van der Waals surface area (Å²) in [5.41, 5.74) is 1.29. The second kappa shape index (κ2) is 6.52. The molecule has 17 heavy (non-hydrogen) atoms. The van der Waals surface area contributed by atoms with E-state index < -0.39 is 0 Å². The van der Waals surface area contributed by atoms with Crippen molar-refractivity contribution in [2.24, 2.45) is 0 Å². The van der Waals surface area contributed by atoms with Crippen molar-refractivity contribution in [3.8, 4) is 0 Å². The molecule has 1 N–H and O–H groups in total. The highest BCUT2D eigenvalue weighted by Gasteiger charge is 2.04. The number of rotatable bonds is 4. The van der Waals surface area contributed by atoms with Crippen LogP contribution in [0.15, 0.2) is 52.4 Å². The molecule has 4 heteroatoms. The zero-order valence-corrected chi connectivity index (χ0v) is 11.4. The molecule has 0 unspecified atom stereocenters. The van der Waals surface area contributed by atoms with Crippen molar-refractivity contribution in [1.82, 2.24) is 0 Å². The summed E-state index contributed by atoms with van der Waals surface area (Å²) in [6.45, 7) is 5.21. The molecular weight excluding hydrogens is 254 g/mol. The van der Waals surface area contributed by atoms with Crippen molar-refractivity contribution < 1.29 is 4.79 Å². The van der Waals surface area contributed by atoms with Crippen LogP contribution in [0.1, 0.15) is 6.92 Å². The Balaban J connectivity index is 2.71. The third-order valence-corrected chi connectivity index (χ3v) is 2.93. The fourth-order valence-corrected chi connectivity index (χ4v) is 1.78. The number of hydrogen-bond acceptors (Lipinski definition) is 2. The summed E-state index contributed by atoms with van der Waals surface area (Å²) < 4.78 is 0. The lowest BCUT2D eigenvalue weighted by Crippen LogP contribution is -2.12. The third-order valence-electron chi connectivity index (χ3n) is 2.08. The van der Waals surface area contributed by atoms with Gasteiger partial charge >= 0.3 is 0 Å². The molecule has 0 atom stereocenters. The smallest absolute Gasteiger partial charge is 0.251 e. The molecule has 0 aliphatic heterocycles. The molecule has 0 saturated heterocycles. The fraction of sp³-hybridized carbons (Fsp3) is 0.154. The molecule has 0 spiro atoms. The summed E-state index contributed by atoms with van der Waals surface area (Å²) in [4.78, 5) is 12.9. The standard InChI is InChI=1S/C13H14ClNOS/c1-9(8-10(2)14)13(16)15-11-4-6-12(17-3)7-5-11/h4-8H,2H2,1,3H3,(H,15,16)/b9-8+. The van der Waals surface area contributed by atoms with Gasteiger partial charge in [0.2, 0.25) is 0 Å². The van der Waals surface area contributed by atoms with Crippen LogP contribution in [0, 0.1) is 0 Å².